The van der Waals surface area contributed by atoms with E-state index in [9.17, 15) is 33.9 Å². The number of hydrogen-bond acceptors (Lipinski definition) is 11. The van der Waals surface area contributed by atoms with Gasteiger partial charge in [0.05, 0.1) is 26.2 Å². The molecule has 3 aromatic carbocycles. The van der Waals surface area contributed by atoms with Crippen LogP contribution in [0.5, 0.6) is 5.75 Å². The smallest absolute Gasteiger partial charge is 0.334 e. The van der Waals surface area contributed by atoms with Crippen LogP contribution in [0.25, 0.3) is 11.1 Å². The number of amides is 8. The number of thiophene rings is 2. The molecule has 4 saturated heterocycles. The highest BCUT2D eigenvalue weighted by atomic mass is 32.1. The van der Waals surface area contributed by atoms with Crippen LogP contribution in [0.15, 0.2) is 95.7 Å². The number of halogens is 2. The molecule has 4 atom stereocenters. The summed E-state index contributed by atoms with van der Waals surface area (Å²) in [4.78, 5) is 92.8. The predicted molar refractivity (Wildman–Crippen MR) is 275 cm³/mol. The Morgan fingerprint density at radius 2 is 1.09 bits per heavy atom. The summed E-state index contributed by atoms with van der Waals surface area (Å²) in [5, 5.41) is 25.6. The van der Waals surface area contributed by atoms with E-state index < -0.39 is 48.1 Å². The first-order valence-corrected chi connectivity index (χ1v) is 26.5. The Morgan fingerprint density at radius 3 is 1.54 bits per heavy atom. The minimum absolute atomic E-state index is 0.0542. The van der Waals surface area contributed by atoms with Gasteiger partial charge in [-0.05, 0) is 101 Å². The molecule has 0 aliphatic carbocycles. The zero-order valence-corrected chi connectivity index (χ0v) is 43.3. The van der Waals surface area contributed by atoms with Gasteiger partial charge < -0.3 is 35.3 Å². The lowest BCUT2D eigenvalue weighted by Gasteiger charge is -2.54. The average molecular weight is 1050 g/mol. The number of nitrogens with zero attached hydrogens (tertiary/aromatic N) is 8. The third-order valence-corrected chi connectivity index (χ3v) is 15.9. The summed E-state index contributed by atoms with van der Waals surface area (Å²) in [5.41, 5.74) is 1.48. The molecule has 2 aromatic heterocycles. The summed E-state index contributed by atoms with van der Waals surface area (Å²) in [6, 6.07) is 19.8. The maximum Gasteiger partial charge on any atom is 0.334 e. The predicted octanol–water partition coefficient (Wildman–Crippen LogP) is 5.71. The van der Waals surface area contributed by atoms with Crippen molar-refractivity contribution in [1.82, 2.24) is 50.3 Å². The van der Waals surface area contributed by atoms with E-state index in [-0.39, 0.29) is 92.1 Å². The van der Waals surface area contributed by atoms with Gasteiger partial charge in [-0.25, -0.2) is 38.4 Å². The highest BCUT2D eigenvalue weighted by Crippen LogP contribution is 2.33. The molecule has 0 saturated carbocycles. The van der Waals surface area contributed by atoms with Gasteiger partial charge in [0.15, 0.2) is 0 Å². The monoisotopic (exact) mass is 1050 g/mol. The Bertz CT molecular complexity index is 2870. The molecule has 0 unspecified atom stereocenters. The molecule has 17 nitrogen and oxygen atoms in total. The molecule has 4 fully saturated rings. The van der Waals surface area contributed by atoms with Crippen molar-refractivity contribution in [3.8, 4) is 16.9 Å². The van der Waals surface area contributed by atoms with E-state index in [1.165, 1.54) is 68.5 Å². The second-order valence-corrected chi connectivity index (χ2v) is 21.7. The molecule has 0 radical (unpaired) electrons. The van der Waals surface area contributed by atoms with Crippen LogP contribution in [-0.4, -0.2) is 158 Å². The number of likely N-dealkylation sites (N-methyl/N-ethyl adjacent to an activating group) is 2. The van der Waals surface area contributed by atoms with Crippen LogP contribution in [-0.2, 0) is 51.5 Å². The van der Waals surface area contributed by atoms with Crippen molar-refractivity contribution < 1.29 is 42.7 Å². The Labute approximate surface area is 436 Å². The summed E-state index contributed by atoms with van der Waals surface area (Å²) in [5.74, 6) is -2.24. The SMILES string of the molecule is CC(C)C[C@H]1C(=O)N(CCc2cccs2)C[C@H]2N1C(=O)CN(C)N2C(=O)NCc1ccc(F)c(-c2cc(CNC(=O)N3[C@H]4CN(CCc5cccs5)C(=O)[C@H](Cc5ccc(O)cc5)N4C(=O)CN3C)ccc2F)c1. The van der Waals surface area contributed by atoms with E-state index in [1.54, 1.807) is 68.6 Å². The molecule has 21 heteroatoms. The van der Waals surface area contributed by atoms with Crippen molar-refractivity contribution >= 4 is 58.4 Å². The fourth-order valence-corrected chi connectivity index (χ4v) is 11.8. The van der Waals surface area contributed by atoms with Gasteiger partial charge in [0.2, 0.25) is 23.6 Å². The lowest BCUT2D eigenvalue weighted by atomic mass is 9.97. The first-order chi connectivity index (χ1) is 35.5. The number of nitrogens with one attached hydrogen (secondary N) is 2. The number of rotatable bonds is 15. The van der Waals surface area contributed by atoms with Gasteiger partial charge in [-0.3, -0.25) is 19.2 Å². The van der Waals surface area contributed by atoms with Crippen LogP contribution in [0.2, 0.25) is 0 Å². The van der Waals surface area contributed by atoms with Crippen molar-refractivity contribution in [3.63, 3.8) is 0 Å². The van der Waals surface area contributed by atoms with Crippen molar-refractivity contribution in [1.29, 1.82) is 0 Å². The quantitative estimate of drug-likeness (QED) is 0.119. The number of hydrogen-bond donors (Lipinski definition) is 3. The van der Waals surface area contributed by atoms with Crippen LogP contribution in [0.3, 0.4) is 0 Å². The lowest BCUT2D eigenvalue weighted by Crippen LogP contribution is -2.76. The minimum atomic E-state index is -0.928. The Hall–Kier alpha value is -6.94. The van der Waals surface area contributed by atoms with Crippen molar-refractivity contribution in [2.75, 3.05) is 53.4 Å². The minimum Gasteiger partial charge on any atom is -0.508 e. The normalized spacial score (nSPS) is 20.6. The molecular weight excluding hydrogens is 991 g/mol. The van der Waals surface area contributed by atoms with Crippen LogP contribution >= 0.6 is 22.7 Å². The van der Waals surface area contributed by atoms with Gasteiger partial charge in [0, 0.05) is 67.6 Å². The molecule has 9 rings (SSSR count). The molecule has 390 valence electrons. The number of phenolic OH excluding ortho intramolecular Hbond substituents is 1. The fourth-order valence-electron chi connectivity index (χ4n) is 10.4. The third kappa shape index (κ3) is 11.1. The molecule has 8 amide bonds. The van der Waals surface area contributed by atoms with Crippen molar-refractivity contribution in [3.05, 3.63) is 134 Å². The largest absolute Gasteiger partial charge is 0.508 e. The topological polar surface area (TPSA) is 173 Å². The fraction of sp³-hybridized carbons (Fsp3) is 0.396. The van der Waals surface area contributed by atoms with Crippen LogP contribution in [0.1, 0.15) is 46.7 Å². The standard InChI is InChI=1S/C53H60F2N10O7S2/c1-33(2)23-44-50(69)60(19-17-38-7-5-21-73-38)29-46-62(44)48(67)31-58(3)64(46)52(71)56-27-35-11-15-42(54)40(24-35)41-25-36(12-16-43(41)55)28-57-53(72)65-47-30-61(20-18-39-8-6-22-74-39)51(70)45(63(47)49(68)32-59(65)4)26-34-9-13-37(66)14-10-34/h5-16,21-22,24-25,33,44-47,66H,17-20,23,26-32H2,1-4H3,(H,56,71)(H,57,72)/t44-,45-,46-,47-/m0/s1. The number of fused-ring (bicyclic) bond motifs is 2. The molecule has 4 aliphatic rings. The molecule has 3 N–H and O–H groups in total. The number of benzene rings is 3. The first-order valence-electron chi connectivity index (χ1n) is 24.7. The second kappa shape index (κ2) is 22.3. The summed E-state index contributed by atoms with van der Waals surface area (Å²) >= 11 is 3.18. The van der Waals surface area contributed by atoms with Gasteiger partial charge in [-0.15, -0.1) is 22.7 Å². The van der Waals surface area contributed by atoms with Crippen LogP contribution in [0, 0.1) is 17.6 Å². The number of aromatic hydroxyl groups is 1. The van der Waals surface area contributed by atoms with Crippen LogP contribution in [0.4, 0.5) is 18.4 Å². The first kappa shape index (κ1) is 51.9. The molecule has 0 spiro atoms. The van der Waals surface area contributed by atoms with E-state index in [0.717, 1.165) is 15.3 Å². The molecule has 0 bridgehead atoms. The maximum absolute atomic E-state index is 15.8. The summed E-state index contributed by atoms with van der Waals surface area (Å²) in [7, 11) is 3.26. The number of carbonyl (C=O) groups is 6. The van der Waals surface area contributed by atoms with Gasteiger partial charge in [-0.2, -0.15) is 0 Å². The highest BCUT2D eigenvalue weighted by Gasteiger charge is 2.52. The second-order valence-electron chi connectivity index (χ2n) is 19.6. The van der Waals surface area contributed by atoms with Crippen LogP contribution < -0.4 is 10.6 Å². The number of hydrazine groups is 2. The molecule has 5 aromatic rings. The number of carbonyl (C=O) groups excluding carboxylic acids is 6. The Balaban J connectivity index is 0.893. The zero-order valence-electron chi connectivity index (χ0n) is 41.7. The van der Waals surface area contributed by atoms with E-state index in [1.807, 2.05) is 48.9 Å². The Morgan fingerprint density at radius 1 is 0.649 bits per heavy atom. The van der Waals surface area contributed by atoms with Crippen molar-refractivity contribution in [2.24, 2.45) is 5.92 Å². The molecule has 4 aliphatic heterocycles. The summed E-state index contributed by atoms with van der Waals surface area (Å²) in [6.07, 6.45) is 0.162. The summed E-state index contributed by atoms with van der Waals surface area (Å²) in [6.45, 7) is 4.44. The molecule has 74 heavy (non-hydrogen) atoms. The maximum atomic E-state index is 15.8. The lowest BCUT2D eigenvalue weighted by molar-refractivity contribution is -0.187. The van der Waals surface area contributed by atoms with Gasteiger partial charge in [-0.1, -0.05) is 50.2 Å². The zero-order chi connectivity index (χ0) is 52.4. The van der Waals surface area contributed by atoms with E-state index >= 15 is 8.78 Å². The van der Waals surface area contributed by atoms with Gasteiger partial charge >= 0.3 is 12.1 Å². The highest BCUT2D eigenvalue weighted by molar-refractivity contribution is 7.10. The van der Waals surface area contributed by atoms with Gasteiger partial charge in [0.25, 0.3) is 0 Å². The average Bonchev–Trinajstić information content (AvgIpc) is 4.11. The molecule has 6 heterocycles. The van der Waals surface area contributed by atoms with E-state index in [4.69, 9.17) is 0 Å². The van der Waals surface area contributed by atoms with E-state index in [2.05, 4.69) is 10.6 Å². The number of piperazine rings is 2. The van der Waals surface area contributed by atoms with Gasteiger partial charge in [0.1, 0.15) is 41.8 Å². The third-order valence-electron chi connectivity index (χ3n) is 14.0. The van der Waals surface area contributed by atoms with E-state index in [0.29, 0.717) is 43.5 Å². The number of urea groups is 2. The van der Waals surface area contributed by atoms with Crippen molar-refractivity contribution in [2.45, 2.75) is 77.0 Å². The number of phenols is 1. The summed E-state index contributed by atoms with van der Waals surface area (Å²) < 4.78 is 31.5. The Kier molecular flexibility index (Phi) is 15.6. The molecular formula is C53H60F2N10O7S2.